The van der Waals surface area contributed by atoms with Crippen LogP contribution in [0.4, 0.5) is 0 Å². The van der Waals surface area contributed by atoms with Gasteiger partial charge < -0.3 is 5.32 Å². The van der Waals surface area contributed by atoms with Crippen LogP contribution < -0.4 is 5.32 Å². The van der Waals surface area contributed by atoms with Gasteiger partial charge in [-0.05, 0) is 47.0 Å². The van der Waals surface area contributed by atoms with Crippen LogP contribution in [0.3, 0.4) is 0 Å². The molecule has 5 heteroatoms. The fourth-order valence-electron chi connectivity index (χ4n) is 1.54. The predicted octanol–water partition coefficient (Wildman–Crippen LogP) is 4.79. The molecule has 1 N–H and O–H groups in total. The third kappa shape index (κ3) is 5.72. The zero-order chi connectivity index (χ0) is 13.4. The van der Waals surface area contributed by atoms with Crippen LogP contribution in [0, 0.1) is 0 Å². The maximum absolute atomic E-state index is 11.9. The van der Waals surface area contributed by atoms with Crippen molar-refractivity contribution < 1.29 is 4.79 Å². The maximum atomic E-state index is 11.9. The molecule has 0 fully saturated rings. The van der Waals surface area contributed by atoms with Crippen molar-refractivity contribution in [3.63, 3.8) is 0 Å². The Morgan fingerprint density at radius 1 is 1.22 bits per heavy atom. The largest absolute Gasteiger partial charge is 0.352 e. The molecule has 1 aromatic carbocycles. The number of rotatable bonds is 7. The third-order valence-corrected chi connectivity index (χ3v) is 4.01. The van der Waals surface area contributed by atoms with Gasteiger partial charge in [0.05, 0.1) is 5.56 Å². The topological polar surface area (TPSA) is 29.1 Å². The molecule has 0 saturated carbocycles. The van der Waals surface area contributed by atoms with E-state index in [1.165, 1.54) is 12.8 Å². The van der Waals surface area contributed by atoms with Crippen LogP contribution in [0.25, 0.3) is 0 Å². The number of unbranched alkanes of at least 4 members (excludes halogenated alkanes) is 3. The minimum absolute atomic E-state index is 0.0788. The lowest BCUT2D eigenvalue weighted by Crippen LogP contribution is -2.24. The second kappa shape index (κ2) is 8.94. The van der Waals surface area contributed by atoms with Crippen molar-refractivity contribution in [1.29, 1.82) is 0 Å². The fourth-order valence-corrected chi connectivity index (χ4v) is 2.54. The van der Waals surface area contributed by atoms with E-state index in [1.807, 2.05) is 0 Å². The number of amides is 1. The number of carbonyl (C=O) groups is 1. The summed E-state index contributed by atoms with van der Waals surface area (Å²) in [6, 6.07) is 5.21. The van der Waals surface area contributed by atoms with E-state index in [1.54, 1.807) is 18.2 Å². The lowest BCUT2D eigenvalue weighted by atomic mass is 10.2. The first kappa shape index (κ1) is 16.0. The van der Waals surface area contributed by atoms with E-state index in [9.17, 15) is 4.79 Å². The average molecular weight is 398 g/mol. The van der Waals surface area contributed by atoms with Crippen molar-refractivity contribution >= 4 is 49.4 Å². The summed E-state index contributed by atoms with van der Waals surface area (Å²) in [7, 11) is 0. The van der Waals surface area contributed by atoms with Crippen LogP contribution in [0.1, 0.15) is 36.0 Å². The summed E-state index contributed by atoms with van der Waals surface area (Å²) in [5.74, 6) is -0.0788. The summed E-state index contributed by atoms with van der Waals surface area (Å²) >= 11 is 12.6. The number of nitrogens with one attached hydrogen (secondary N) is 1. The first-order valence-corrected chi connectivity index (χ1v) is 8.23. The van der Waals surface area contributed by atoms with Crippen molar-refractivity contribution in [1.82, 2.24) is 5.32 Å². The van der Waals surface area contributed by atoms with E-state index in [-0.39, 0.29) is 5.91 Å². The second-order valence-electron chi connectivity index (χ2n) is 3.98. The summed E-state index contributed by atoms with van der Waals surface area (Å²) in [6.07, 6.45) is 4.54. The van der Waals surface area contributed by atoms with Gasteiger partial charge in [-0.3, -0.25) is 4.79 Å². The molecule has 1 rings (SSSR count). The Balaban J connectivity index is 2.34. The van der Waals surface area contributed by atoms with Gasteiger partial charge in [-0.25, -0.2) is 0 Å². The van der Waals surface area contributed by atoms with Crippen LogP contribution >= 0.6 is 43.5 Å². The fraction of sp³-hybridized carbons (Fsp3) is 0.462. The number of alkyl halides is 1. The zero-order valence-electron chi connectivity index (χ0n) is 10.0. The van der Waals surface area contributed by atoms with E-state index in [4.69, 9.17) is 11.6 Å². The molecule has 1 amide bonds. The summed E-state index contributed by atoms with van der Waals surface area (Å²) < 4.78 is 0.767. The number of hydrogen-bond acceptors (Lipinski definition) is 1. The van der Waals surface area contributed by atoms with Gasteiger partial charge in [0.1, 0.15) is 0 Å². The Hall–Kier alpha value is -0.0600. The maximum Gasteiger partial charge on any atom is 0.252 e. The quantitative estimate of drug-likeness (QED) is 0.520. The van der Waals surface area contributed by atoms with Gasteiger partial charge in [0.25, 0.3) is 5.91 Å². The predicted molar refractivity (Wildman–Crippen MR) is 83.7 cm³/mol. The highest BCUT2D eigenvalue weighted by Gasteiger charge is 2.09. The molecular formula is C13H16Br2ClNO. The standard InChI is InChI=1S/C13H16Br2ClNO/c14-7-3-1-2-4-8-17-13(18)11-9-10(16)5-6-12(11)15/h5-6,9H,1-4,7-8H2,(H,17,18). The highest BCUT2D eigenvalue weighted by atomic mass is 79.9. The van der Waals surface area contributed by atoms with Crippen LogP contribution in [0.15, 0.2) is 22.7 Å². The number of halogens is 3. The molecule has 0 atom stereocenters. The Labute approximate surface area is 130 Å². The minimum Gasteiger partial charge on any atom is -0.352 e. The Bertz CT molecular complexity index is 399. The zero-order valence-corrected chi connectivity index (χ0v) is 13.9. The third-order valence-electron chi connectivity index (χ3n) is 2.52. The number of benzene rings is 1. The van der Waals surface area contributed by atoms with Gasteiger partial charge in [-0.2, -0.15) is 0 Å². The number of carbonyl (C=O) groups excluding carboxylic acids is 1. The van der Waals surface area contributed by atoms with Gasteiger partial charge in [-0.15, -0.1) is 0 Å². The minimum atomic E-state index is -0.0788. The van der Waals surface area contributed by atoms with E-state index in [0.717, 1.165) is 22.6 Å². The van der Waals surface area contributed by atoms with Crippen LogP contribution in [-0.2, 0) is 0 Å². The van der Waals surface area contributed by atoms with Crippen LogP contribution in [0.2, 0.25) is 5.02 Å². The number of hydrogen-bond donors (Lipinski definition) is 1. The normalized spacial score (nSPS) is 10.4. The molecule has 0 aromatic heterocycles. The van der Waals surface area contributed by atoms with Gasteiger partial charge >= 0.3 is 0 Å². The van der Waals surface area contributed by atoms with Crippen molar-refractivity contribution in [3.8, 4) is 0 Å². The van der Waals surface area contributed by atoms with Crippen LogP contribution in [0.5, 0.6) is 0 Å². The van der Waals surface area contributed by atoms with E-state index in [0.29, 0.717) is 17.1 Å². The molecule has 0 bridgehead atoms. The lowest BCUT2D eigenvalue weighted by molar-refractivity contribution is 0.0952. The molecule has 0 heterocycles. The molecule has 1 aromatic rings. The lowest BCUT2D eigenvalue weighted by Gasteiger charge is -2.07. The average Bonchev–Trinajstić information content (AvgIpc) is 2.36. The van der Waals surface area contributed by atoms with Crippen molar-refractivity contribution in [2.24, 2.45) is 0 Å². The second-order valence-corrected chi connectivity index (χ2v) is 6.07. The smallest absolute Gasteiger partial charge is 0.252 e. The molecule has 0 unspecified atom stereocenters. The molecule has 100 valence electrons. The Morgan fingerprint density at radius 3 is 2.67 bits per heavy atom. The Morgan fingerprint density at radius 2 is 1.94 bits per heavy atom. The summed E-state index contributed by atoms with van der Waals surface area (Å²) in [5.41, 5.74) is 0.586. The molecular weight excluding hydrogens is 381 g/mol. The molecule has 18 heavy (non-hydrogen) atoms. The van der Waals surface area contributed by atoms with Gasteiger partial charge in [0, 0.05) is 21.4 Å². The van der Waals surface area contributed by atoms with Crippen molar-refractivity contribution in [2.45, 2.75) is 25.7 Å². The Kier molecular flexibility index (Phi) is 7.95. The van der Waals surface area contributed by atoms with Gasteiger partial charge in [-0.1, -0.05) is 40.4 Å². The summed E-state index contributed by atoms with van der Waals surface area (Å²) in [4.78, 5) is 11.9. The SMILES string of the molecule is O=C(NCCCCCCBr)c1cc(Cl)ccc1Br. The highest BCUT2D eigenvalue weighted by Crippen LogP contribution is 2.20. The first-order chi connectivity index (χ1) is 8.65. The molecule has 0 aliphatic heterocycles. The summed E-state index contributed by atoms with van der Waals surface area (Å²) in [6.45, 7) is 0.708. The monoisotopic (exact) mass is 395 g/mol. The van der Waals surface area contributed by atoms with E-state index < -0.39 is 0 Å². The highest BCUT2D eigenvalue weighted by molar-refractivity contribution is 9.10. The molecule has 2 nitrogen and oxygen atoms in total. The summed E-state index contributed by atoms with van der Waals surface area (Å²) in [5, 5.41) is 4.53. The van der Waals surface area contributed by atoms with Gasteiger partial charge in [0.2, 0.25) is 0 Å². The molecule has 0 radical (unpaired) electrons. The molecule has 0 aliphatic rings. The van der Waals surface area contributed by atoms with Gasteiger partial charge in [0.15, 0.2) is 0 Å². The van der Waals surface area contributed by atoms with Crippen molar-refractivity contribution in [3.05, 3.63) is 33.3 Å². The first-order valence-electron chi connectivity index (χ1n) is 5.94. The molecule has 0 aliphatic carbocycles. The van der Waals surface area contributed by atoms with E-state index in [2.05, 4.69) is 37.2 Å². The van der Waals surface area contributed by atoms with Crippen molar-refractivity contribution in [2.75, 3.05) is 11.9 Å². The van der Waals surface area contributed by atoms with E-state index >= 15 is 0 Å². The molecule has 0 saturated heterocycles. The van der Waals surface area contributed by atoms with Crippen LogP contribution in [-0.4, -0.2) is 17.8 Å². The molecule has 0 spiro atoms.